The van der Waals surface area contributed by atoms with Gasteiger partial charge in [0.2, 0.25) is 10.0 Å². The first kappa shape index (κ1) is 13.9. The van der Waals surface area contributed by atoms with E-state index in [2.05, 4.69) is 9.82 Å². The molecule has 0 radical (unpaired) electrons. The van der Waals surface area contributed by atoms with Crippen LogP contribution in [0.5, 0.6) is 0 Å². The smallest absolute Gasteiger partial charge is 0.235 e. The highest BCUT2D eigenvalue weighted by atomic mass is 35.5. The first-order valence-electron chi connectivity index (χ1n) is 5.72. The van der Waals surface area contributed by atoms with Crippen molar-refractivity contribution in [3.8, 4) is 5.69 Å². The van der Waals surface area contributed by atoms with Gasteiger partial charge < -0.3 is 0 Å². The number of anilines is 1. The van der Waals surface area contributed by atoms with Crippen LogP contribution in [0.25, 0.3) is 5.69 Å². The minimum Gasteiger partial charge on any atom is -0.281 e. The van der Waals surface area contributed by atoms with Crippen molar-refractivity contribution >= 4 is 27.3 Å². The molecule has 0 atom stereocenters. The van der Waals surface area contributed by atoms with Crippen LogP contribution in [-0.2, 0) is 10.0 Å². The maximum absolute atomic E-state index is 11.9. The van der Waals surface area contributed by atoms with Gasteiger partial charge in [-0.3, -0.25) is 4.72 Å². The van der Waals surface area contributed by atoms with Gasteiger partial charge in [0.15, 0.2) is 0 Å². The normalized spacial score (nSPS) is 11.8. The lowest BCUT2D eigenvalue weighted by molar-refractivity contribution is 0.592. The molecule has 0 spiro atoms. The molecule has 2 rings (SSSR count). The van der Waals surface area contributed by atoms with Crippen LogP contribution in [0.4, 0.5) is 5.69 Å². The minimum atomic E-state index is -3.43. The Hall–Kier alpha value is -1.53. The van der Waals surface area contributed by atoms with E-state index in [0.29, 0.717) is 16.4 Å². The van der Waals surface area contributed by atoms with Gasteiger partial charge in [-0.15, -0.1) is 0 Å². The zero-order chi connectivity index (χ0) is 14.0. The van der Waals surface area contributed by atoms with E-state index in [4.69, 9.17) is 11.6 Å². The molecule has 0 saturated heterocycles. The third-order valence-corrected chi connectivity index (χ3v) is 4.64. The van der Waals surface area contributed by atoms with E-state index in [9.17, 15) is 8.42 Å². The van der Waals surface area contributed by atoms with Gasteiger partial charge in [0, 0.05) is 12.4 Å². The Morgan fingerprint density at radius 3 is 2.63 bits per heavy atom. The van der Waals surface area contributed by atoms with Crippen LogP contribution < -0.4 is 4.72 Å². The number of halogens is 1. The highest BCUT2D eigenvalue weighted by Gasteiger charge is 2.19. The lowest BCUT2D eigenvalue weighted by Gasteiger charge is -2.15. The van der Waals surface area contributed by atoms with Crippen molar-refractivity contribution in [1.29, 1.82) is 0 Å². The summed E-state index contributed by atoms with van der Waals surface area (Å²) in [7, 11) is -3.43. The number of sulfonamides is 1. The molecular formula is C12H14ClN3O2S. The molecule has 0 amide bonds. The zero-order valence-electron chi connectivity index (χ0n) is 10.5. The molecule has 0 saturated carbocycles. The molecule has 5 nitrogen and oxygen atoms in total. The largest absolute Gasteiger partial charge is 0.281 e. The fourth-order valence-corrected chi connectivity index (χ4v) is 2.47. The standard InChI is InChI=1S/C12H14ClN3O2S/c1-9(2)19(17,18)15-11-6-3-5-10(13)12(11)16-8-4-7-14-16/h3-9,15H,1-2H3. The molecular weight excluding hydrogens is 286 g/mol. The number of benzene rings is 1. The van der Waals surface area contributed by atoms with E-state index in [1.165, 1.54) is 4.68 Å². The summed E-state index contributed by atoms with van der Waals surface area (Å²) < 4.78 is 28.0. The van der Waals surface area contributed by atoms with Gasteiger partial charge in [-0.05, 0) is 32.0 Å². The van der Waals surface area contributed by atoms with E-state index in [-0.39, 0.29) is 0 Å². The Morgan fingerprint density at radius 1 is 1.32 bits per heavy atom. The van der Waals surface area contributed by atoms with E-state index < -0.39 is 15.3 Å². The average molecular weight is 300 g/mol. The fourth-order valence-electron chi connectivity index (χ4n) is 1.50. The SMILES string of the molecule is CC(C)S(=O)(=O)Nc1cccc(Cl)c1-n1cccn1. The number of hydrogen-bond acceptors (Lipinski definition) is 3. The molecule has 0 fully saturated rings. The number of hydrogen-bond donors (Lipinski definition) is 1. The number of nitrogens with zero attached hydrogens (tertiary/aromatic N) is 2. The van der Waals surface area contributed by atoms with E-state index in [1.54, 1.807) is 50.5 Å². The van der Waals surface area contributed by atoms with Crippen molar-refractivity contribution in [2.75, 3.05) is 4.72 Å². The van der Waals surface area contributed by atoms with E-state index >= 15 is 0 Å². The summed E-state index contributed by atoms with van der Waals surface area (Å²) >= 11 is 6.13. The van der Waals surface area contributed by atoms with Gasteiger partial charge in [0.25, 0.3) is 0 Å². The predicted molar refractivity (Wildman–Crippen MR) is 76.3 cm³/mol. The van der Waals surface area contributed by atoms with Crippen molar-refractivity contribution in [3.05, 3.63) is 41.7 Å². The molecule has 0 aliphatic heterocycles. The monoisotopic (exact) mass is 299 g/mol. The second kappa shape index (κ2) is 5.22. The average Bonchev–Trinajstić information content (AvgIpc) is 2.81. The molecule has 0 unspecified atom stereocenters. The Balaban J connectivity index is 2.51. The molecule has 102 valence electrons. The van der Waals surface area contributed by atoms with Crippen LogP contribution in [0.1, 0.15) is 13.8 Å². The summed E-state index contributed by atoms with van der Waals surface area (Å²) in [6.45, 7) is 3.22. The quantitative estimate of drug-likeness (QED) is 0.944. The molecule has 1 N–H and O–H groups in total. The van der Waals surface area contributed by atoms with Gasteiger partial charge >= 0.3 is 0 Å². The molecule has 1 aromatic heterocycles. The maximum Gasteiger partial charge on any atom is 0.235 e. The van der Waals surface area contributed by atoms with Crippen LogP contribution >= 0.6 is 11.6 Å². The van der Waals surface area contributed by atoms with E-state index in [0.717, 1.165) is 0 Å². The minimum absolute atomic E-state index is 0.407. The third kappa shape index (κ3) is 2.90. The Morgan fingerprint density at radius 2 is 2.05 bits per heavy atom. The molecule has 0 bridgehead atoms. The van der Waals surface area contributed by atoms with Crippen LogP contribution in [-0.4, -0.2) is 23.4 Å². The number of rotatable bonds is 4. The number of aromatic nitrogens is 2. The van der Waals surface area contributed by atoms with Crippen molar-refractivity contribution in [2.24, 2.45) is 0 Å². The number of nitrogens with one attached hydrogen (secondary N) is 1. The van der Waals surface area contributed by atoms with Crippen LogP contribution in [0.15, 0.2) is 36.7 Å². The molecule has 1 aromatic carbocycles. The van der Waals surface area contributed by atoms with Crippen LogP contribution in [0, 0.1) is 0 Å². The molecule has 7 heteroatoms. The summed E-state index contributed by atoms with van der Waals surface area (Å²) in [6.07, 6.45) is 3.30. The molecule has 0 aliphatic carbocycles. The fraction of sp³-hybridized carbons (Fsp3) is 0.250. The Labute approximate surface area is 117 Å². The Kier molecular flexibility index (Phi) is 3.82. The molecule has 1 heterocycles. The van der Waals surface area contributed by atoms with Gasteiger partial charge in [-0.25, -0.2) is 13.1 Å². The Bertz CT molecular complexity index is 666. The topological polar surface area (TPSA) is 64.0 Å². The third-order valence-electron chi connectivity index (χ3n) is 2.59. The van der Waals surface area contributed by atoms with Crippen molar-refractivity contribution < 1.29 is 8.42 Å². The first-order chi connectivity index (χ1) is 8.92. The molecule has 2 aromatic rings. The summed E-state index contributed by atoms with van der Waals surface area (Å²) in [6, 6.07) is 6.77. The highest BCUT2D eigenvalue weighted by Crippen LogP contribution is 2.29. The summed E-state index contributed by atoms with van der Waals surface area (Å²) in [5.41, 5.74) is 0.920. The molecule has 0 aliphatic rings. The van der Waals surface area contributed by atoms with Gasteiger partial charge in [0.1, 0.15) is 5.69 Å². The first-order valence-corrected chi connectivity index (χ1v) is 7.64. The van der Waals surface area contributed by atoms with Crippen LogP contribution in [0.3, 0.4) is 0 Å². The summed E-state index contributed by atoms with van der Waals surface area (Å²) in [5.74, 6) is 0. The molecule has 19 heavy (non-hydrogen) atoms. The van der Waals surface area contributed by atoms with Gasteiger partial charge in [0.05, 0.1) is 16.0 Å². The van der Waals surface area contributed by atoms with Crippen LogP contribution in [0.2, 0.25) is 5.02 Å². The predicted octanol–water partition coefficient (Wildman–Crippen LogP) is 2.68. The van der Waals surface area contributed by atoms with Crippen molar-refractivity contribution in [2.45, 2.75) is 19.1 Å². The lowest BCUT2D eigenvalue weighted by atomic mass is 10.3. The zero-order valence-corrected chi connectivity index (χ0v) is 12.1. The van der Waals surface area contributed by atoms with Gasteiger partial charge in [-0.1, -0.05) is 17.7 Å². The second-order valence-electron chi connectivity index (χ2n) is 4.28. The summed E-state index contributed by atoms with van der Waals surface area (Å²) in [5, 5.41) is 3.97. The highest BCUT2D eigenvalue weighted by molar-refractivity contribution is 7.93. The maximum atomic E-state index is 11.9. The van der Waals surface area contributed by atoms with E-state index in [1.807, 2.05) is 0 Å². The van der Waals surface area contributed by atoms with Gasteiger partial charge in [-0.2, -0.15) is 5.10 Å². The second-order valence-corrected chi connectivity index (χ2v) is 6.93. The van der Waals surface area contributed by atoms with Crippen molar-refractivity contribution in [3.63, 3.8) is 0 Å². The lowest BCUT2D eigenvalue weighted by Crippen LogP contribution is -2.23. The summed E-state index contributed by atoms with van der Waals surface area (Å²) in [4.78, 5) is 0. The number of para-hydroxylation sites is 1. The van der Waals surface area contributed by atoms with Crippen molar-refractivity contribution in [1.82, 2.24) is 9.78 Å².